The van der Waals surface area contributed by atoms with Crippen LogP contribution in [0.25, 0.3) is 0 Å². The Morgan fingerprint density at radius 1 is 1.00 bits per heavy atom. The number of aromatic nitrogens is 2. The topological polar surface area (TPSA) is 17.8 Å². The molecule has 3 aromatic rings. The molecule has 2 aromatic carbocycles. The van der Waals surface area contributed by atoms with Crippen molar-refractivity contribution in [3.05, 3.63) is 76.3 Å². The predicted octanol–water partition coefficient (Wildman–Crippen LogP) is 6.80. The molecule has 0 spiro atoms. The molecule has 7 heteroatoms. The average Bonchev–Trinajstić information content (AvgIpc) is 3.10. The van der Waals surface area contributed by atoms with E-state index in [-0.39, 0.29) is 5.25 Å². The van der Waals surface area contributed by atoms with E-state index in [1.807, 2.05) is 55.0 Å². The zero-order valence-corrected chi connectivity index (χ0v) is 17.0. The summed E-state index contributed by atoms with van der Waals surface area (Å²) < 4.78 is 2.07. The molecule has 0 saturated carbocycles. The van der Waals surface area contributed by atoms with Gasteiger partial charge in [0, 0.05) is 44.8 Å². The first-order valence-electron chi connectivity index (χ1n) is 7.56. The van der Waals surface area contributed by atoms with E-state index in [0.29, 0.717) is 10.0 Å². The SMILES string of the molecule is Clc1ccc(SCC(Cn2ccnc2)Sc2c(Cl)cccc2Cl)cc1. The van der Waals surface area contributed by atoms with Crippen LogP contribution >= 0.6 is 58.3 Å². The second-order valence-electron chi connectivity index (χ2n) is 5.32. The van der Waals surface area contributed by atoms with Crippen molar-refractivity contribution in [3.8, 4) is 0 Å². The Labute approximate surface area is 170 Å². The molecule has 0 aliphatic heterocycles. The van der Waals surface area contributed by atoms with Crippen molar-refractivity contribution in [2.45, 2.75) is 21.6 Å². The molecule has 0 aliphatic rings. The van der Waals surface area contributed by atoms with Crippen molar-refractivity contribution in [3.63, 3.8) is 0 Å². The van der Waals surface area contributed by atoms with Crippen LogP contribution in [0.1, 0.15) is 0 Å². The molecular weight excluding hydrogens is 415 g/mol. The first-order chi connectivity index (χ1) is 12.1. The second kappa shape index (κ2) is 9.24. The number of hydrogen-bond acceptors (Lipinski definition) is 3. The van der Waals surface area contributed by atoms with E-state index in [2.05, 4.69) is 9.55 Å². The quantitative estimate of drug-likeness (QED) is 0.385. The lowest BCUT2D eigenvalue weighted by atomic mass is 10.4. The van der Waals surface area contributed by atoms with Gasteiger partial charge in [0.1, 0.15) is 0 Å². The normalized spacial score (nSPS) is 12.3. The molecule has 1 atom stereocenters. The van der Waals surface area contributed by atoms with E-state index < -0.39 is 0 Å². The highest BCUT2D eigenvalue weighted by Crippen LogP contribution is 2.38. The molecule has 1 unspecified atom stereocenters. The Balaban J connectivity index is 1.73. The van der Waals surface area contributed by atoms with Gasteiger partial charge < -0.3 is 4.57 Å². The molecule has 130 valence electrons. The summed E-state index contributed by atoms with van der Waals surface area (Å²) in [6.45, 7) is 0.826. The van der Waals surface area contributed by atoms with Crippen LogP contribution in [0.4, 0.5) is 0 Å². The maximum atomic E-state index is 6.34. The summed E-state index contributed by atoms with van der Waals surface area (Å²) in [5, 5.41) is 2.40. The van der Waals surface area contributed by atoms with E-state index in [1.54, 1.807) is 29.7 Å². The summed E-state index contributed by atoms with van der Waals surface area (Å²) in [6, 6.07) is 13.5. The van der Waals surface area contributed by atoms with Gasteiger partial charge in [0.2, 0.25) is 0 Å². The molecule has 0 N–H and O–H groups in total. The fourth-order valence-corrected chi connectivity index (χ4v) is 5.26. The molecule has 0 amide bonds. The summed E-state index contributed by atoms with van der Waals surface area (Å²) in [5.74, 6) is 0.909. The molecule has 0 aliphatic carbocycles. The third-order valence-electron chi connectivity index (χ3n) is 3.43. The maximum absolute atomic E-state index is 6.34. The number of halogens is 3. The highest BCUT2D eigenvalue weighted by atomic mass is 35.5. The lowest BCUT2D eigenvalue weighted by molar-refractivity contribution is 0.695. The minimum Gasteiger partial charge on any atom is -0.336 e. The maximum Gasteiger partial charge on any atom is 0.0946 e. The van der Waals surface area contributed by atoms with E-state index in [9.17, 15) is 0 Å². The molecule has 3 rings (SSSR count). The molecule has 0 saturated heterocycles. The van der Waals surface area contributed by atoms with Crippen molar-refractivity contribution in [1.29, 1.82) is 0 Å². The fraction of sp³-hybridized carbons (Fsp3) is 0.167. The van der Waals surface area contributed by atoms with Crippen LogP contribution in [0.5, 0.6) is 0 Å². The average molecular weight is 430 g/mol. The van der Waals surface area contributed by atoms with E-state index in [0.717, 1.165) is 22.2 Å². The first kappa shape index (κ1) is 19.0. The van der Waals surface area contributed by atoms with Gasteiger partial charge in [-0.1, -0.05) is 40.9 Å². The van der Waals surface area contributed by atoms with Crippen LogP contribution in [-0.2, 0) is 6.54 Å². The van der Waals surface area contributed by atoms with Crippen molar-refractivity contribution < 1.29 is 0 Å². The molecule has 1 aromatic heterocycles. The summed E-state index contributed by atoms with van der Waals surface area (Å²) in [7, 11) is 0. The second-order valence-corrected chi connectivity index (χ2v) is 8.97. The molecular formula is C18H15Cl3N2S2. The third kappa shape index (κ3) is 5.60. The highest BCUT2D eigenvalue weighted by Gasteiger charge is 2.16. The summed E-state index contributed by atoms with van der Waals surface area (Å²) in [4.78, 5) is 6.24. The summed E-state index contributed by atoms with van der Waals surface area (Å²) >= 11 is 22.1. The van der Waals surface area contributed by atoms with Gasteiger partial charge in [0.05, 0.1) is 16.4 Å². The number of rotatable bonds is 7. The largest absolute Gasteiger partial charge is 0.336 e. The molecule has 0 fully saturated rings. The van der Waals surface area contributed by atoms with Crippen molar-refractivity contribution in [2.75, 3.05) is 5.75 Å². The number of thioether (sulfide) groups is 2. The van der Waals surface area contributed by atoms with Crippen LogP contribution < -0.4 is 0 Å². The van der Waals surface area contributed by atoms with Gasteiger partial charge in [-0.05, 0) is 36.4 Å². The van der Waals surface area contributed by atoms with Crippen LogP contribution in [0.15, 0.2) is 71.0 Å². The van der Waals surface area contributed by atoms with Crippen LogP contribution in [0.3, 0.4) is 0 Å². The standard InChI is InChI=1S/C18H15Cl3N2S2/c19-13-4-6-14(7-5-13)24-11-15(10-23-9-8-22-12-23)25-18-16(20)2-1-3-17(18)21/h1-9,12,15H,10-11H2. The van der Waals surface area contributed by atoms with Gasteiger partial charge in [0.25, 0.3) is 0 Å². The van der Waals surface area contributed by atoms with Crippen LogP contribution in [-0.4, -0.2) is 20.6 Å². The zero-order valence-electron chi connectivity index (χ0n) is 13.1. The van der Waals surface area contributed by atoms with Gasteiger partial charge in [-0.15, -0.1) is 23.5 Å². The zero-order chi connectivity index (χ0) is 17.6. The molecule has 1 heterocycles. The Morgan fingerprint density at radius 3 is 2.36 bits per heavy atom. The minimum absolute atomic E-state index is 0.285. The number of nitrogens with zero attached hydrogens (tertiary/aromatic N) is 2. The molecule has 25 heavy (non-hydrogen) atoms. The van der Waals surface area contributed by atoms with E-state index in [4.69, 9.17) is 34.8 Å². The van der Waals surface area contributed by atoms with E-state index in [1.165, 1.54) is 4.90 Å². The Morgan fingerprint density at radius 2 is 1.72 bits per heavy atom. The van der Waals surface area contributed by atoms with Crippen LogP contribution in [0.2, 0.25) is 15.1 Å². The van der Waals surface area contributed by atoms with E-state index >= 15 is 0 Å². The number of imidazole rings is 1. The lowest BCUT2D eigenvalue weighted by Crippen LogP contribution is -2.15. The molecule has 2 nitrogen and oxygen atoms in total. The molecule has 0 bridgehead atoms. The Kier molecular flexibility index (Phi) is 7.02. The number of hydrogen-bond donors (Lipinski definition) is 0. The predicted molar refractivity (Wildman–Crippen MR) is 111 cm³/mol. The minimum atomic E-state index is 0.285. The van der Waals surface area contributed by atoms with Gasteiger partial charge in [0.15, 0.2) is 0 Å². The number of benzene rings is 2. The monoisotopic (exact) mass is 428 g/mol. The van der Waals surface area contributed by atoms with Gasteiger partial charge in [-0.2, -0.15) is 0 Å². The first-order valence-corrected chi connectivity index (χ1v) is 10.6. The smallest absolute Gasteiger partial charge is 0.0946 e. The fourth-order valence-electron chi connectivity index (χ4n) is 2.24. The van der Waals surface area contributed by atoms with Gasteiger partial charge in [-0.3, -0.25) is 0 Å². The van der Waals surface area contributed by atoms with Gasteiger partial charge in [-0.25, -0.2) is 4.98 Å². The van der Waals surface area contributed by atoms with Gasteiger partial charge >= 0.3 is 0 Å². The highest BCUT2D eigenvalue weighted by molar-refractivity contribution is 8.03. The summed E-state index contributed by atoms with van der Waals surface area (Å²) in [6.07, 6.45) is 5.58. The van der Waals surface area contributed by atoms with Crippen molar-refractivity contribution >= 4 is 58.3 Å². The lowest BCUT2D eigenvalue weighted by Gasteiger charge is -2.18. The Bertz CT molecular complexity index is 787. The van der Waals surface area contributed by atoms with Crippen molar-refractivity contribution in [2.24, 2.45) is 0 Å². The van der Waals surface area contributed by atoms with Crippen LogP contribution in [0, 0.1) is 0 Å². The Hall–Kier alpha value is -0.780. The molecule has 0 radical (unpaired) electrons. The third-order valence-corrected chi connectivity index (χ3v) is 7.24. The van der Waals surface area contributed by atoms with Crippen molar-refractivity contribution in [1.82, 2.24) is 9.55 Å². The summed E-state index contributed by atoms with van der Waals surface area (Å²) in [5.41, 5.74) is 0.